The highest BCUT2D eigenvalue weighted by atomic mass is 16.5. The minimum absolute atomic E-state index is 0.157. The van der Waals surface area contributed by atoms with E-state index < -0.39 is 0 Å². The minimum Gasteiger partial charge on any atom is -0.490 e. The van der Waals surface area contributed by atoms with Crippen LogP contribution in [0.5, 0.6) is 11.5 Å². The van der Waals surface area contributed by atoms with Gasteiger partial charge in [0.25, 0.3) is 5.56 Å². The lowest BCUT2D eigenvalue weighted by atomic mass is 10.1. The molecule has 7 nitrogen and oxygen atoms in total. The second kappa shape index (κ2) is 14.3. The van der Waals surface area contributed by atoms with Gasteiger partial charge in [0.2, 0.25) is 5.95 Å². The van der Waals surface area contributed by atoms with Gasteiger partial charge in [0, 0.05) is 6.07 Å². The monoisotopic (exact) mass is 442 g/mol. The average molecular weight is 443 g/mol. The maximum absolute atomic E-state index is 11.8. The number of hydrazone groups is 1. The van der Waals surface area contributed by atoms with Crippen LogP contribution in [0.25, 0.3) is 0 Å². The maximum atomic E-state index is 11.8. The molecule has 0 saturated heterocycles. The minimum atomic E-state index is -0.206. The van der Waals surface area contributed by atoms with Crippen molar-refractivity contribution in [3.8, 4) is 11.5 Å². The van der Waals surface area contributed by atoms with E-state index in [9.17, 15) is 4.79 Å². The van der Waals surface area contributed by atoms with Gasteiger partial charge < -0.3 is 9.47 Å². The molecule has 32 heavy (non-hydrogen) atoms. The summed E-state index contributed by atoms with van der Waals surface area (Å²) in [5, 5.41) is 4.20. The van der Waals surface area contributed by atoms with E-state index in [1.165, 1.54) is 44.6 Å². The highest BCUT2D eigenvalue weighted by Crippen LogP contribution is 2.28. The first-order chi connectivity index (χ1) is 15.5. The molecular formula is C25H38N4O3. The molecule has 0 aliphatic heterocycles. The van der Waals surface area contributed by atoms with Crippen LogP contribution < -0.4 is 20.5 Å². The van der Waals surface area contributed by atoms with Gasteiger partial charge in [0.1, 0.15) is 0 Å². The van der Waals surface area contributed by atoms with Gasteiger partial charge in [-0.1, -0.05) is 59.3 Å². The van der Waals surface area contributed by atoms with E-state index in [0.717, 1.165) is 17.7 Å². The maximum Gasteiger partial charge on any atom is 0.252 e. The fraction of sp³-hybridized carbons (Fsp3) is 0.560. The van der Waals surface area contributed by atoms with Crippen molar-refractivity contribution in [3.05, 3.63) is 45.9 Å². The van der Waals surface area contributed by atoms with Crippen LogP contribution in [0.2, 0.25) is 0 Å². The van der Waals surface area contributed by atoms with Gasteiger partial charge >= 0.3 is 0 Å². The van der Waals surface area contributed by atoms with Crippen LogP contribution in [0.4, 0.5) is 5.95 Å². The van der Waals surface area contributed by atoms with Crippen molar-refractivity contribution in [3.63, 3.8) is 0 Å². The Morgan fingerprint density at radius 1 is 1.03 bits per heavy atom. The molecule has 1 heterocycles. The number of ether oxygens (including phenoxy) is 2. The normalized spacial score (nSPS) is 11.3. The predicted octanol–water partition coefficient (Wildman–Crippen LogP) is 5.87. The molecule has 2 rings (SSSR count). The number of unbranched alkanes of at least 4 members (excludes halogenated alkanes) is 6. The van der Waals surface area contributed by atoms with Crippen molar-refractivity contribution in [1.29, 1.82) is 0 Å². The summed E-state index contributed by atoms with van der Waals surface area (Å²) >= 11 is 0. The van der Waals surface area contributed by atoms with E-state index in [4.69, 9.17) is 9.47 Å². The number of H-pyrrole nitrogens is 1. The van der Waals surface area contributed by atoms with E-state index in [2.05, 4.69) is 27.4 Å². The number of hydrogen-bond acceptors (Lipinski definition) is 6. The van der Waals surface area contributed by atoms with Crippen LogP contribution in [-0.2, 0) is 0 Å². The largest absolute Gasteiger partial charge is 0.490 e. The average Bonchev–Trinajstić information content (AvgIpc) is 2.76. The molecule has 0 aliphatic rings. The first-order valence-corrected chi connectivity index (χ1v) is 11.8. The molecule has 0 saturated carbocycles. The Bertz CT molecular complexity index is 893. The smallest absolute Gasteiger partial charge is 0.252 e. The molecule has 0 radical (unpaired) electrons. The van der Waals surface area contributed by atoms with E-state index in [0.29, 0.717) is 30.6 Å². The lowest BCUT2D eigenvalue weighted by Crippen LogP contribution is -2.12. The Balaban J connectivity index is 1.90. The topological polar surface area (TPSA) is 88.6 Å². The number of aromatic amines is 1. The van der Waals surface area contributed by atoms with E-state index >= 15 is 0 Å². The van der Waals surface area contributed by atoms with Crippen molar-refractivity contribution in [2.45, 2.75) is 78.6 Å². The van der Waals surface area contributed by atoms with Crippen molar-refractivity contribution in [2.75, 3.05) is 18.6 Å². The van der Waals surface area contributed by atoms with Gasteiger partial charge in [-0.25, -0.2) is 10.4 Å². The van der Waals surface area contributed by atoms with Crippen LogP contribution in [0.15, 0.2) is 34.2 Å². The van der Waals surface area contributed by atoms with Gasteiger partial charge in [-0.15, -0.1) is 0 Å². The molecule has 0 spiro atoms. The lowest BCUT2D eigenvalue weighted by Gasteiger charge is -2.12. The van der Waals surface area contributed by atoms with Gasteiger partial charge in [-0.3, -0.25) is 9.78 Å². The van der Waals surface area contributed by atoms with Crippen LogP contribution >= 0.6 is 0 Å². The Morgan fingerprint density at radius 2 is 1.78 bits per heavy atom. The zero-order valence-electron chi connectivity index (χ0n) is 19.9. The third-order valence-corrected chi connectivity index (χ3v) is 5.01. The molecule has 0 atom stereocenters. The fourth-order valence-electron chi connectivity index (χ4n) is 3.23. The standard InChI is InChI=1S/C25H38N4O3/c1-5-7-8-9-10-11-12-15-32-22-14-13-20(16-23(22)31-6-2)18-26-29-25-27-21(19(3)4)17-24(30)28-25/h13-14,16-19H,5-12,15H2,1-4H3,(H2,27,28,29,30)/b26-18-. The molecule has 0 aliphatic carbocycles. The van der Waals surface area contributed by atoms with Crippen molar-refractivity contribution >= 4 is 12.2 Å². The second-order valence-corrected chi connectivity index (χ2v) is 8.15. The summed E-state index contributed by atoms with van der Waals surface area (Å²) in [7, 11) is 0. The number of benzene rings is 1. The molecule has 2 N–H and O–H groups in total. The highest BCUT2D eigenvalue weighted by Gasteiger charge is 2.07. The molecule has 176 valence electrons. The Morgan fingerprint density at radius 3 is 2.50 bits per heavy atom. The molecule has 2 aromatic rings. The van der Waals surface area contributed by atoms with Crippen LogP contribution in [0.3, 0.4) is 0 Å². The Hall–Kier alpha value is -2.83. The van der Waals surface area contributed by atoms with Crippen LogP contribution in [0, 0.1) is 0 Å². The van der Waals surface area contributed by atoms with Gasteiger partial charge in [0.05, 0.1) is 25.1 Å². The van der Waals surface area contributed by atoms with Gasteiger partial charge in [-0.05, 0) is 43.0 Å². The summed E-state index contributed by atoms with van der Waals surface area (Å²) in [6.07, 6.45) is 10.4. The first kappa shape index (κ1) is 25.4. The van der Waals surface area contributed by atoms with Crippen LogP contribution in [0.1, 0.15) is 89.8 Å². The fourth-order valence-corrected chi connectivity index (χ4v) is 3.23. The number of nitrogens with one attached hydrogen (secondary N) is 2. The number of rotatable bonds is 15. The number of nitrogens with zero attached hydrogens (tertiary/aromatic N) is 2. The SMILES string of the molecule is CCCCCCCCCOc1ccc(/C=N\Nc2nc(C(C)C)cc(=O)[nH]2)cc1OCC. The summed E-state index contributed by atoms with van der Waals surface area (Å²) in [6, 6.07) is 7.23. The number of aromatic nitrogens is 2. The third-order valence-electron chi connectivity index (χ3n) is 5.01. The van der Waals surface area contributed by atoms with Gasteiger partial charge in [0.15, 0.2) is 11.5 Å². The molecule has 0 fully saturated rings. The quantitative estimate of drug-likeness (QED) is 0.205. The van der Waals surface area contributed by atoms with E-state index in [1.807, 2.05) is 39.0 Å². The number of hydrogen-bond donors (Lipinski definition) is 2. The second-order valence-electron chi connectivity index (χ2n) is 8.15. The molecular weight excluding hydrogens is 404 g/mol. The summed E-state index contributed by atoms with van der Waals surface area (Å²) < 4.78 is 11.7. The molecule has 7 heteroatoms. The van der Waals surface area contributed by atoms with Crippen LogP contribution in [-0.4, -0.2) is 29.4 Å². The van der Waals surface area contributed by atoms with Crippen molar-refractivity contribution in [2.24, 2.45) is 5.10 Å². The highest BCUT2D eigenvalue weighted by molar-refractivity contribution is 5.81. The van der Waals surface area contributed by atoms with E-state index in [-0.39, 0.29) is 11.5 Å². The predicted molar refractivity (Wildman–Crippen MR) is 131 cm³/mol. The molecule has 0 bridgehead atoms. The zero-order valence-corrected chi connectivity index (χ0v) is 19.9. The zero-order chi connectivity index (χ0) is 23.2. The summed E-state index contributed by atoms with van der Waals surface area (Å²) in [6.45, 7) is 9.41. The molecule has 1 aromatic carbocycles. The van der Waals surface area contributed by atoms with E-state index in [1.54, 1.807) is 6.21 Å². The van der Waals surface area contributed by atoms with Crippen molar-refractivity contribution < 1.29 is 9.47 Å². The third kappa shape index (κ3) is 9.12. The molecule has 0 unspecified atom stereocenters. The Kier molecular flexibility index (Phi) is 11.3. The first-order valence-electron chi connectivity index (χ1n) is 11.8. The Labute approximate surface area is 191 Å². The summed E-state index contributed by atoms with van der Waals surface area (Å²) in [5.74, 6) is 1.92. The molecule has 0 amide bonds. The summed E-state index contributed by atoms with van der Waals surface area (Å²) in [5.41, 5.74) is 4.16. The lowest BCUT2D eigenvalue weighted by molar-refractivity contribution is 0.270. The van der Waals surface area contributed by atoms with Crippen molar-refractivity contribution in [1.82, 2.24) is 9.97 Å². The van der Waals surface area contributed by atoms with Gasteiger partial charge in [-0.2, -0.15) is 5.10 Å². The molecule has 1 aromatic heterocycles. The summed E-state index contributed by atoms with van der Waals surface area (Å²) in [4.78, 5) is 18.8. The number of anilines is 1.